The molecule has 1 aliphatic carbocycles. The lowest BCUT2D eigenvalue weighted by Crippen LogP contribution is -2.55. The minimum atomic E-state index is -0.254. The molecule has 3 rings (SSSR count). The van der Waals surface area contributed by atoms with Crippen molar-refractivity contribution in [1.29, 1.82) is 5.26 Å². The predicted molar refractivity (Wildman–Crippen MR) is 91.5 cm³/mol. The molecule has 1 heterocycles. The summed E-state index contributed by atoms with van der Waals surface area (Å²) < 4.78 is 0. The van der Waals surface area contributed by atoms with Crippen LogP contribution in [0.15, 0.2) is 30.3 Å². The van der Waals surface area contributed by atoms with Crippen LogP contribution in [0.4, 0.5) is 0 Å². The van der Waals surface area contributed by atoms with Crippen LogP contribution in [0.2, 0.25) is 0 Å². The minimum Gasteiger partial charge on any atom is -0.330 e. The monoisotopic (exact) mass is 299 g/mol. The Morgan fingerprint density at radius 2 is 1.77 bits per heavy atom. The molecular weight excluding hydrogens is 270 g/mol. The second kappa shape index (κ2) is 7.76. The number of benzene rings is 1. The van der Waals surface area contributed by atoms with Gasteiger partial charge < -0.3 is 5.73 Å². The largest absolute Gasteiger partial charge is 0.330 e. The topological polar surface area (TPSA) is 53.0 Å². The summed E-state index contributed by atoms with van der Waals surface area (Å²) in [6.07, 6.45) is 4.25. The third-order valence-electron chi connectivity index (χ3n) is 5.18. The zero-order valence-electron chi connectivity index (χ0n) is 14.0. The summed E-state index contributed by atoms with van der Waals surface area (Å²) in [5, 5.41) is 9.69. The third kappa shape index (κ3) is 3.34. The number of nitrogens with two attached hydrogens (primary N) is 1. The number of nitrogens with zero attached hydrogens (tertiary/aromatic N) is 2. The summed E-state index contributed by atoms with van der Waals surface area (Å²) in [5.41, 5.74) is 6.64. The number of hydrogen-bond donors (Lipinski definition) is 1. The van der Waals surface area contributed by atoms with Gasteiger partial charge in [-0.15, -0.1) is 0 Å². The van der Waals surface area contributed by atoms with Crippen LogP contribution in [-0.4, -0.2) is 30.6 Å². The van der Waals surface area contributed by atoms with Crippen molar-refractivity contribution in [2.75, 3.05) is 19.6 Å². The fraction of sp³-hybridized carbons (Fsp3) is 0.632. The summed E-state index contributed by atoms with van der Waals surface area (Å²) in [6, 6.07) is 13.6. The lowest BCUT2D eigenvalue weighted by atomic mass is 9.68. The van der Waals surface area contributed by atoms with Gasteiger partial charge in [-0.2, -0.15) is 5.26 Å². The maximum Gasteiger partial charge on any atom is 0.0823 e. The van der Waals surface area contributed by atoms with Gasteiger partial charge >= 0.3 is 0 Å². The Labute approximate surface area is 135 Å². The van der Waals surface area contributed by atoms with Gasteiger partial charge in [-0.05, 0) is 43.7 Å². The molecule has 0 amide bonds. The van der Waals surface area contributed by atoms with E-state index in [1.54, 1.807) is 0 Å². The Morgan fingerprint density at radius 3 is 2.27 bits per heavy atom. The van der Waals surface area contributed by atoms with Crippen molar-refractivity contribution >= 4 is 0 Å². The molecule has 1 aliphatic heterocycles. The quantitative estimate of drug-likeness (QED) is 0.931. The lowest BCUT2D eigenvalue weighted by molar-refractivity contribution is 0.0319. The second-order valence-electron chi connectivity index (χ2n) is 6.35. The Balaban J connectivity index is 0.000000847. The Hall–Kier alpha value is -1.37. The molecule has 3 nitrogen and oxygen atoms in total. The fourth-order valence-electron chi connectivity index (χ4n) is 3.74. The average Bonchev–Trinajstić information content (AvgIpc) is 2.57. The van der Waals surface area contributed by atoms with E-state index in [0.717, 1.165) is 45.3 Å². The van der Waals surface area contributed by atoms with E-state index in [9.17, 15) is 5.26 Å². The van der Waals surface area contributed by atoms with Crippen LogP contribution in [0.1, 0.15) is 45.1 Å². The molecule has 0 unspecified atom stereocenters. The van der Waals surface area contributed by atoms with Crippen molar-refractivity contribution in [3.05, 3.63) is 35.9 Å². The zero-order valence-corrected chi connectivity index (χ0v) is 14.0. The second-order valence-corrected chi connectivity index (χ2v) is 6.35. The third-order valence-corrected chi connectivity index (χ3v) is 5.18. The normalized spacial score (nSPS) is 28.9. The molecule has 2 aliphatic rings. The Morgan fingerprint density at radius 1 is 1.18 bits per heavy atom. The SMILES string of the molecule is CC.N#CC1(c2ccccc2)CCC(N2CC(CN)C2)CC1. The van der Waals surface area contributed by atoms with Gasteiger partial charge in [-0.1, -0.05) is 44.2 Å². The maximum atomic E-state index is 9.69. The standard InChI is InChI=1S/C17H23N3.C2H6/c18-10-14-11-20(12-14)16-6-8-17(13-19,9-7-16)15-4-2-1-3-5-15;1-2/h1-5,14,16H,6-12,18H2;1-2H3. The van der Waals surface area contributed by atoms with E-state index in [-0.39, 0.29) is 5.41 Å². The first-order valence-corrected chi connectivity index (χ1v) is 8.68. The molecular formula is C19H29N3. The van der Waals surface area contributed by atoms with Crippen LogP contribution in [0.25, 0.3) is 0 Å². The van der Waals surface area contributed by atoms with Gasteiger partial charge in [0.25, 0.3) is 0 Å². The number of rotatable bonds is 3. The minimum absolute atomic E-state index is 0.254. The van der Waals surface area contributed by atoms with Crippen molar-refractivity contribution in [1.82, 2.24) is 4.90 Å². The summed E-state index contributed by atoms with van der Waals surface area (Å²) in [6.45, 7) is 7.13. The fourth-order valence-corrected chi connectivity index (χ4v) is 3.74. The van der Waals surface area contributed by atoms with E-state index in [0.29, 0.717) is 12.0 Å². The van der Waals surface area contributed by atoms with E-state index < -0.39 is 0 Å². The number of nitriles is 1. The van der Waals surface area contributed by atoms with Crippen LogP contribution in [0, 0.1) is 17.2 Å². The molecule has 1 aromatic carbocycles. The number of hydrogen-bond acceptors (Lipinski definition) is 3. The molecule has 0 spiro atoms. The molecule has 22 heavy (non-hydrogen) atoms. The van der Waals surface area contributed by atoms with Gasteiger partial charge in [0.05, 0.1) is 11.5 Å². The molecule has 0 atom stereocenters. The van der Waals surface area contributed by atoms with E-state index >= 15 is 0 Å². The summed E-state index contributed by atoms with van der Waals surface area (Å²) in [5.74, 6) is 0.701. The molecule has 1 saturated carbocycles. The predicted octanol–water partition coefficient (Wildman–Crippen LogP) is 3.31. The smallest absolute Gasteiger partial charge is 0.0823 e. The molecule has 2 fully saturated rings. The van der Waals surface area contributed by atoms with Crippen LogP contribution >= 0.6 is 0 Å². The Kier molecular flexibility index (Phi) is 5.99. The molecule has 3 heteroatoms. The van der Waals surface area contributed by atoms with Crippen molar-refractivity contribution < 1.29 is 0 Å². The molecule has 1 saturated heterocycles. The van der Waals surface area contributed by atoms with Crippen LogP contribution in [-0.2, 0) is 5.41 Å². The first kappa shape index (κ1) is 17.0. The van der Waals surface area contributed by atoms with Crippen molar-refractivity contribution in [3.8, 4) is 6.07 Å². The first-order valence-electron chi connectivity index (χ1n) is 8.68. The van der Waals surface area contributed by atoms with E-state index in [4.69, 9.17) is 5.73 Å². The highest BCUT2D eigenvalue weighted by atomic mass is 15.2. The summed E-state index contributed by atoms with van der Waals surface area (Å²) in [4.78, 5) is 2.56. The molecule has 1 aromatic rings. The highest BCUT2D eigenvalue weighted by molar-refractivity contribution is 5.33. The zero-order chi connectivity index (χ0) is 16.0. The molecule has 120 valence electrons. The average molecular weight is 299 g/mol. The van der Waals surface area contributed by atoms with Crippen LogP contribution in [0.3, 0.4) is 0 Å². The summed E-state index contributed by atoms with van der Waals surface area (Å²) >= 11 is 0. The molecule has 0 radical (unpaired) electrons. The van der Waals surface area contributed by atoms with E-state index in [1.807, 2.05) is 32.0 Å². The van der Waals surface area contributed by atoms with Crippen molar-refractivity contribution in [2.45, 2.75) is 51.0 Å². The van der Waals surface area contributed by atoms with Gasteiger partial charge in [0.2, 0.25) is 0 Å². The lowest BCUT2D eigenvalue weighted by Gasteiger charge is -2.47. The molecule has 2 N–H and O–H groups in total. The van der Waals surface area contributed by atoms with Gasteiger partial charge in [0.1, 0.15) is 0 Å². The van der Waals surface area contributed by atoms with Crippen LogP contribution in [0.5, 0.6) is 0 Å². The Bertz CT molecular complexity index is 477. The van der Waals surface area contributed by atoms with Gasteiger partial charge in [0.15, 0.2) is 0 Å². The number of likely N-dealkylation sites (tertiary alicyclic amines) is 1. The van der Waals surface area contributed by atoms with Crippen molar-refractivity contribution in [2.24, 2.45) is 11.7 Å². The maximum absolute atomic E-state index is 9.69. The van der Waals surface area contributed by atoms with Gasteiger partial charge in [-0.3, -0.25) is 4.90 Å². The van der Waals surface area contributed by atoms with Crippen molar-refractivity contribution in [3.63, 3.8) is 0 Å². The highest BCUT2D eigenvalue weighted by Crippen LogP contribution is 2.41. The van der Waals surface area contributed by atoms with Gasteiger partial charge in [-0.25, -0.2) is 0 Å². The van der Waals surface area contributed by atoms with E-state index in [1.165, 1.54) is 5.56 Å². The molecule has 0 aromatic heterocycles. The van der Waals surface area contributed by atoms with Gasteiger partial charge in [0, 0.05) is 19.1 Å². The highest BCUT2D eigenvalue weighted by Gasteiger charge is 2.40. The summed E-state index contributed by atoms with van der Waals surface area (Å²) in [7, 11) is 0. The molecule has 0 bridgehead atoms. The van der Waals surface area contributed by atoms with Crippen LogP contribution < -0.4 is 5.73 Å². The van der Waals surface area contributed by atoms with E-state index in [2.05, 4.69) is 23.1 Å². The first-order chi connectivity index (χ1) is 10.8.